The number of nitrogens with one attached hydrogen (secondary N) is 1. The van der Waals surface area contributed by atoms with Crippen molar-refractivity contribution in [3.8, 4) is 0 Å². The summed E-state index contributed by atoms with van der Waals surface area (Å²) in [7, 11) is 0. The summed E-state index contributed by atoms with van der Waals surface area (Å²) in [6.07, 6.45) is 2.19. The summed E-state index contributed by atoms with van der Waals surface area (Å²) >= 11 is 7.50. The molecule has 2 rings (SSSR count). The van der Waals surface area contributed by atoms with Gasteiger partial charge >= 0.3 is 0 Å². The molecule has 0 amide bonds. The molecule has 4 nitrogen and oxygen atoms in total. The zero-order valence-corrected chi connectivity index (χ0v) is 11.7. The summed E-state index contributed by atoms with van der Waals surface area (Å²) in [6.45, 7) is 4.82. The van der Waals surface area contributed by atoms with E-state index in [0.29, 0.717) is 6.54 Å². The third kappa shape index (κ3) is 4.33. The van der Waals surface area contributed by atoms with Crippen LogP contribution in [0.2, 0.25) is 5.28 Å². The fourth-order valence-corrected chi connectivity index (χ4v) is 2.59. The largest absolute Gasteiger partial charge is 0.395 e. The minimum atomic E-state index is 0.0844. The molecule has 17 heavy (non-hydrogen) atoms. The third-order valence-electron chi connectivity index (χ3n) is 1.90. The lowest BCUT2D eigenvalue weighted by Gasteiger charge is -2.07. The van der Waals surface area contributed by atoms with Crippen LogP contribution >= 0.6 is 23.4 Å². The fraction of sp³-hybridized carbons (Fsp3) is 0.636. The first-order valence-corrected chi connectivity index (χ1v) is 7.13. The highest BCUT2D eigenvalue weighted by Crippen LogP contribution is 2.35. The van der Waals surface area contributed by atoms with Crippen LogP contribution in [-0.4, -0.2) is 34.0 Å². The van der Waals surface area contributed by atoms with Gasteiger partial charge in [0.1, 0.15) is 5.82 Å². The van der Waals surface area contributed by atoms with Crippen LogP contribution in [-0.2, 0) is 6.42 Å². The lowest BCUT2D eigenvalue weighted by Crippen LogP contribution is -2.09. The van der Waals surface area contributed by atoms with Gasteiger partial charge in [-0.3, -0.25) is 0 Å². The molecule has 0 saturated carbocycles. The zero-order valence-electron chi connectivity index (χ0n) is 10.2. The van der Waals surface area contributed by atoms with E-state index in [0.717, 1.165) is 28.6 Å². The van der Waals surface area contributed by atoms with Gasteiger partial charge in [0, 0.05) is 18.7 Å². The molecule has 1 aromatic heterocycles. The van der Waals surface area contributed by atoms with E-state index >= 15 is 0 Å². The number of hydrogen-bond donors (Lipinski definition) is 2. The predicted octanol–water partition coefficient (Wildman–Crippen LogP) is 2.60. The molecule has 0 bridgehead atoms. The first-order chi connectivity index (χ1) is 8.22. The molecule has 0 aromatic carbocycles. The highest BCUT2D eigenvalue weighted by Gasteiger charge is 2.19. The van der Waals surface area contributed by atoms with E-state index in [1.165, 1.54) is 6.42 Å². The third-order valence-corrected chi connectivity index (χ3v) is 3.19. The van der Waals surface area contributed by atoms with Crippen molar-refractivity contribution in [3.63, 3.8) is 0 Å². The topological polar surface area (TPSA) is 58.0 Å². The number of nitrogens with zero attached hydrogens (tertiary/aromatic N) is 2. The van der Waals surface area contributed by atoms with E-state index in [9.17, 15) is 0 Å². The Hall–Kier alpha value is -0.520. The van der Waals surface area contributed by atoms with Crippen molar-refractivity contribution in [2.75, 3.05) is 24.2 Å². The van der Waals surface area contributed by atoms with Gasteiger partial charge in [-0.05, 0) is 11.6 Å². The second kappa shape index (κ2) is 7.74. The maximum absolute atomic E-state index is 8.70. The molecule has 1 aromatic rings. The molecule has 0 unspecified atom stereocenters. The molecule has 0 spiro atoms. The first-order valence-electron chi connectivity index (χ1n) is 5.76. The van der Waals surface area contributed by atoms with Crippen LogP contribution in [0, 0.1) is 0 Å². The van der Waals surface area contributed by atoms with Crippen molar-refractivity contribution in [1.82, 2.24) is 9.97 Å². The number of anilines is 1. The van der Waals surface area contributed by atoms with E-state index < -0.39 is 0 Å². The first kappa shape index (κ1) is 14.5. The molecular formula is C11H18ClN3OS. The van der Waals surface area contributed by atoms with Crippen molar-refractivity contribution in [1.29, 1.82) is 0 Å². The van der Waals surface area contributed by atoms with E-state index in [2.05, 4.69) is 29.1 Å². The van der Waals surface area contributed by atoms with Gasteiger partial charge < -0.3 is 10.4 Å². The number of aryl methyl sites for hydroxylation is 1. The van der Waals surface area contributed by atoms with Gasteiger partial charge in [0.05, 0.1) is 17.2 Å². The number of aliphatic hydroxyl groups excluding tert-OH is 1. The quantitative estimate of drug-likeness (QED) is 0.831. The zero-order chi connectivity index (χ0) is 12.7. The normalized spacial score (nSPS) is 12.7. The minimum absolute atomic E-state index is 0.0844. The molecule has 96 valence electrons. The molecule has 1 aliphatic rings. The SMILES string of the molecule is CCC.OCCNc1nc(Cl)nc2c1SCC2. The Balaban J connectivity index is 0.000000437. The van der Waals surface area contributed by atoms with Gasteiger partial charge in [-0.15, -0.1) is 11.8 Å². The number of halogens is 1. The highest BCUT2D eigenvalue weighted by atomic mass is 35.5. The molecule has 0 fully saturated rings. The molecule has 2 heterocycles. The summed E-state index contributed by atoms with van der Waals surface area (Å²) in [5, 5.41) is 12.0. The maximum atomic E-state index is 8.70. The molecule has 6 heteroatoms. The summed E-state index contributed by atoms with van der Waals surface area (Å²) in [6, 6.07) is 0. The number of hydrogen-bond acceptors (Lipinski definition) is 5. The van der Waals surface area contributed by atoms with Gasteiger partial charge in [-0.1, -0.05) is 20.3 Å². The Labute approximate surface area is 111 Å². The smallest absolute Gasteiger partial charge is 0.224 e. The predicted molar refractivity (Wildman–Crippen MR) is 73.0 cm³/mol. The van der Waals surface area contributed by atoms with Crippen molar-refractivity contribution in [2.45, 2.75) is 31.6 Å². The van der Waals surface area contributed by atoms with Crippen LogP contribution in [0.3, 0.4) is 0 Å². The second-order valence-electron chi connectivity index (χ2n) is 3.57. The number of thioether (sulfide) groups is 1. The number of fused-ring (bicyclic) bond motifs is 1. The lowest BCUT2D eigenvalue weighted by atomic mass is 10.3. The highest BCUT2D eigenvalue weighted by molar-refractivity contribution is 7.99. The Kier molecular flexibility index (Phi) is 6.62. The Morgan fingerprint density at radius 1 is 1.41 bits per heavy atom. The molecule has 2 N–H and O–H groups in total. The van der Waals surface area contributed by atoms with E-state index in [4.69, 9.17) is 16.7 Å². The number of aliphatic hydroxyl groups is 1. The molecule has 0 atom stereocenters. The minimum Gasteiger partial charge on any atom is -0.395 e. The van der Waals surface area contributed by atoms with Gasteiger partial charge in [0.25, 0.3) is 0 Å². The van der Waals surface area contributed by atoms with Gasteiger partial charge in [0.15, 0.2) is 0 Å². The van der Waals surface area contributed by atoms with Crippen LogP contribution in [0.1, 0.15) is 26.0 Å². The van der Waals surface area contributed by atoms with E-state index in [1.807, 2.05) is 0 Å². The number of rotatable bonds is 3. The van der Waals surface area contributed by atoms with Gasteiger partial charge in [-0.25, -0.2) is 4.98 Å². The molecule has 0 saturated heterocycles. The average molecular weight is 276 g/mol. The summed E-state index contributed by atoms with van der Waals surface area (Å²) in [5.41, 5.74) is 1.01. The molecule has 0 aliphatic carbocycles. The van der Waals surface area contributed by atoms with Gasteiger partial charge in [0.2, 0.25) is 5.28 Å². The summed E-state index contributed by atoms with van der Waals surface area (Å²) < 4.78 is 0. The van der Waals surface area contributed by atoms with Crippen LogP contribution < -0.4 is 5.32 Å². The average Bonchev–Trinajstić information content (AvgIpc) is 2.74. The summed E-state index contributed by atoms with van der Waals surface area (Å²) in [4.78, 5) is 9.32. The monoisotopic (exact) mass is 275 g/mol. The Bertz CT molecular complexity index is 363. The molecule has 0 radical (unpaired) electrons. The van der Waals surface area contributed by atoms with Crippen LogP contribution in [0.4, 0.5) is 5.82 Å². The standard InChI is InChI=1S/C8H10ClN3OS.C3H8/c9-8-11-5-1-4-14-6(5)7(12-8)10-2-3-13;1-3-2/h13H,1-4H2,(H,10,11,12);3H2,1-2H3. The van der Waals surface area contributed by atoms with Crippen LogP contribution in [0.15, 0.2) is 4.90 Å². The van der Waals surface area contributed by atoms with Crippen molar-refractivity contribution >= 4 is 29.2 Å². The Morgan fingerprint density at radius 2 is 2.12 bits per heavy atom. The van der Waals surface area contributed by atoms with Crippen molar-refractivity contribution in [3.05, 3.63) is 11.0 Å². The molecule has 1 aliphatic heterocycles. The van der Waals surface area contributed by atoms with Crippen LogP contribution in [0.25, 0.3) is 0 Å². The van der Waals surface area contributed by atoms with Crippen molar-refractivity contribution in [2.24, 2.45) is 0 Å². The lowest BCUT2D eigenvalue weighted by molar-refractivity contribution is 0.311. The number of aromatic nitrogens is 2. The maximum Gasteiger partial charge on any atom is 0.224 e. The Morgan fingerprint density at radius 3 is 2.76 bits per heavy atom. The molecular weight excluding hydrogens is 258 g/mol. The van der Waals surface area contributed by atoms with Crippen LogP contribution in [0.5, 0.6) is 0 Å². The van der Waals surface area contributed by atoms with E-state index in [1.54, 1.807) is 11.8 Å². The van der Waals surface area contributed by atoms with Crippen molar-refractivity contribution < 1.29 is 5.11 Å². The van der Waals surface area contributed by atoms with Gasteiger partial charge in [-0.2, -0.15) is 4.98 Å². The second-order valence-corrected chi connectivity index (χ2v) is 5.02. The summed E-state index contributed by atoms with van der Waals surface area (Å²) in [5.74, 6) is 1.77. The van der Waals surface area contributed by atoms with E-state index in [-0.39, 0.29) is 11.9 Å². The fourth-order valence-electron chi connectivity index (χ4n) is 1.33.